The predicted octanol–water partition coefficient (Wildman–Crippen LogP) is 1.97. The average Bonchev–Trinajstić information content (AvgIpc) is 2.28. The SMILES string of the molecule is Cl.O=c1[nH]n2cc(Br)cnc2c1Br. The molecular formula is C6H4Br2ClN3O. The number of hydrogen-bond acceptors (Lipinski definition) is 2. The van der Waals surface area contributed by atoms with Crippen molar-refractivity contribution in [1.82, 2.24) is 14.6 Å². The van der Waals surface area contributed by atoms with Crippen LogP contribution >= 0.6 is 44.3 Å². The molecule has 0 saturated carbocycles. The summed E-state index contributed by atoms with van der Waals surface area (Å²) in [7, 11) is 0. The minimum Gasteiger partial charge on any atom is -0.267 e. The van der Waals surface area contributed by atoms with Gasteiger partial charge in [0.1, 0.15) is 4.47 Å². The van der Waals surface area contributed by atoms with E-state index in [1.165, 1.54) is 0 Å². The van der Waals surface area contributed by atoms with E-state index in [4.69, 9.17) is 0 Å². The molecule has 0 saturated heterocycles. The lowest BCUT2D eigenvalue weighted by atomic mass is 10.6. The zero-order valence-electron chi connectivity index (χ0n) is 6.12. The molecule has 0 bridgehead atoms. The molecular weight excluding hydrogens is 325 g/mol. The Bertz CT molecular complexity index is 492. The van der Waals surface area contributed by atoms with Crippen molar-refractivity contribution >= 4 is 49.9 Å². The standard InChI is InChI=1S/C6H3Br2N3O.ClH/c7-3-1-9-5-4(8)6(12)10-11(5)2-3;/h1-2H,(H,10,12);1H. The Kier molecular flexibility index (Phi) is 3.15. The van der Waals surface area contributed by atoms with Crippen LogP contribution in [-0.4, -0.2) is 14.6 Å². The highest BCUT2D eigenvalue weighted by Crippen LogP contribution is 2.13. The van der Waals surface area contributed by atoms with Crippen molar-refractivity contribution in [3.05, 3.63) is 31.7 Å². The number of aromatic amines is 1. The topological polar surface area (TPSA) is 50.2 Å². The molecule has 70 valence electrons. The van der Waals surface area contributed by atoms with Crippen molar-refractivity contribution in [2.45, 2.75) is 0 Å². The van der Waals surface area contributed by atoms with Gasteiger partial charge in [0.15, 0.2) is 5.65 Å². The fraction of sp³-hybridized carbons (Fsp3) is 0. The molecule has 0 aliphatic rings. The molecule has 2 rings (SSSR count). The van der Waals surface area contributed by atoms with Gasteiger partial charge in [0.05, 0.1) is 4.47 Å². The summed E-state index contributed by atoms with van der Waals surface area (Å²) in [5.41, 5.74) is 0.406. The van der Waals surface area contributed by atoms with Crippen LogP contribution in [0.1, 0.15) is 0 Å². The van der Waals surface area contributed by atoms with Gasteiger partial charge in [0.2, 0.25) is 0 Å². The van der Waals surface area contributed by atoms with Crippen LogP contribution < -0.4 is 5.56 Å². The van der Waals surface area contributed by atoms with Crippen molar-refractivity contribution in [1.29, 1.82) is 0 Å². The van der Waals surface area contributed by atoms with E-state index >= 15 is 0 Å². The highest BCUT2D eigenvalue weighted by molar-refractivity contribution is 9.11. The number of nitrogens with zero attached hydrogens (tertiary/aromatic N) is 2. The third kappa shape index (κ3) is 1.79. The summed E-state index contributed by atoms with van der Waals surface area (Å²) >= 11 is 6.38. The average molecular weight is 329 g/mol. The third-order valence-corrected chi connectivity index (χ3v) is 2.53. The quantitative estimate of drug-likeness (QED) is 0.803. The van der Waals surface area contributed by atoms with Crippen LogP contribution in [0.4, 0.5) is 0 Å². The molecule has 1 N–H and O–H groups in total. The van der Waals surface area contributed by atoms with E-state index in [0.717, 1.165) is 4.47 Å². The fourth-order valence-corrected chi connectivity index (χ4v) is 1.60. The smallest absolute Gasteiger partial charge is 0.267 e. The highest BCUT2D eigenvalue weighted by atomic mass is 79.9. The molecule has 0 atom stereocenters. The second-order valence-electron chi connectivity index (χ2n) is 2.22. The first-order chi connectivity index (χ1) is 5.68. The van der Waals surface area contributed by atoms with Crippen molar-refractivity contribution in [2.75, 3.05) is 0 Å². The molecule has 0 aliphatic heterocycles. The van der Waals surface area contributed by atoms with E-state index in [1.807, 2.05) is 0 Å². The van der Waals surface area contributed by atoms with Gasteiger partial charge in [-0.1, -0.05) is 0 Å². The number of nitrogens with one attached hydrogen (secondary N) is 1. The van der Waals surface area contributed by atoms with E-state index < -0.39 is 0 Å². The molecule has 0 radical (unpaired) electrons. The van der Waals surface area contributed by atoms with Crippen LogP contribution in [0.5, 0.6) is 0 Å². The molecule has 4 nitrogen and oxygen atoms in total. The Balaban J connectivity index is 0.000000845. The number of hydrogen-bond donors (Lipinski definition) is 1. The molecule has 0 fully saturated rings. The van der Waals surface area contributed by atoms with Crippen LogP contribution in [0.2, 0.25) is 0 Å². The lowest BCUT2D eigenvalue weighted by Crippen LogP contribution is -1.99. The van der Waals surface area contributed by atoms with Gasteiger partial charge in [0, 0.05) is 12.4 Å². The predicted molar refractivity (Wildman–Crippen MR) is 58.5 cm³/mol. The Morgan fingerprint density at radius 2 is 2.15 bits per heavy atom. The van der Waals surface area contributed by atoms with Crippen LogP contribution in [0.15, 0.2) is 26.1 Å². The van der Waals surface area contributed by atoms with Gasteiger partial charge >= 0.3 is 0 Å². The van der Waals surface area contributed by atoms with E-state index in [1.54, 1.807) is 16.9 Å². The number of fused-ring (bicyclic) bond motifs is 1. The van der Waals surface area contributed by atoms with Crippen molar-refractivity contribution in [3.63, 3.8) is 0 Å². The summed E-state index contributed by atoms with van der Waals surface area (Å²) in [6.45, 7) is 0. The summed E-state index contributed by atoms with van der Waals surface area (Å²) in [5.74, 6) is 0. The number of rotatable bonds is 0. The Labute approximate surface area is 96.0 Å². The molecule has 0 unspecified atom stereocenters. The van der Waals surface area contributed by atoms with Crippen LogP contribution in [0.25, 0.3) is 5.65 Å². The maximum atomic E-state index is 11.1. The first kappa shape index (κ1) is 10.7. The minimum absolute atomic E-state index is 0. The Morgan fingerprint density at radius 1 is 1.46 bits per heavy atom. The monoisotopic (exact) mass is 327 g/mol. The second kappa shape index (κ2) is 3.81. The van der Waals surface area contributed by atoms with Crippen LogP contribution in [-0.2, 0) is 0 Å². The van der Waals surface area contributed by atoms with Crippen LogP contribution in [0.3, 0.4) is 0 Å². The van der Waals surface area contributed by atoms with Gasteiger partial charge in [-0.05, 0) is 31.9 Å². The van der Waals surface area contributed by atoms with Gasteiger partial charge in [0.25, 0.3) is 5.56 Å². The van der Waals surface area contributed by atoms with Gasteiger partial charge in [-0.3, -0.25) is 9.89 Å². The lowest BCUT2D eigenvalue weighted by molar-refractivity contribution is 0.914. The van der Waals surface area contributed by atoms with Crippen LogP contribution in [0, 0.1) is 0 Å². The third-order valence-electron chi connectivity index (χ3n) is 1.41. The molecule has 0 aromatic carbocycles. The van der Waals surface area contributed by atoms with Crippen molar-refractivity contribution < 1.29 is 0 Å². The summed E-state index contributed by atoms with van der Waals surface area (Å²) in [5, 5.41) is 2.59. The first-order valence-electron chi connectivity index (χ1n) is 3.10. The Morgan fingerprint density at radius 3 is 2.85 bits per heavy atom. The fourth-order valence-electron chi connectivity index (χ4n) is 0.910. The highest BCUT2D eigenvalue weighted by Gasteiger charge is 2.05. The zero-order valence-corrected chi connectivity index (χ0v) is 10.1. The summed E-state index contributed by atoms with van der Waals surface area (Å²) in [6.07, 6.45) is 3.36. The van der Waals surface area contributed by atoms with Gasteiger partial charge in [-0.25, -0.2) is 9.50 Å². The molecule has 0 aliphatic carbocycles. The van der Waals surface area contributed by atoms with Gasteiger partial charge < -0.3 is 0 Å². The summed E-state index contributed by atoms with van der Waals surface area (Å²) < 4.78 is 2.82. The molecule has 2 aromatic rings. The molecule has 2 aromatic heterocycles. The lowest BCUT2D eigenvalue weighted by Gasteiger charge is -1.92. The Hall–Kier alpha value is -0.330. The molecule has 2 heterocycles. The number of halogens is 3. The van der Waals surface area contributed by atoms with E-state index in [-0.39, 0.29) is 18.0 Å². The second-order valence-corrected chi connectivity index (χ2v) is 3.93. The van der Waals surface area contributed by atoms with E-state index in [2.05, 4.69) is 41.9 Å². The zero-order chi connectivity index (χ0) is 8.72. The molecule has 7 heteroatoms. The van der Waals surface area contributed by atoms with Crippen molar-refractivity contribution in [2.24, 2.45) is 0 Å². The van der Waals surface area contributed by atoms with Crippen molar-refractivity contribution in [3.8, 4) is 0 Å². The van der Waals surface area contributed by atoms with E-state index in [9.17, 15) is 4.79 Å². The summed E-state index contributed by atoms with van der Waals surface area (Å²) in [4.78, 5) is 15.1. The first-order valence-corrected chi connectivity index (χ1v) is 4.68. The summed E-state index contributed by atoms with van der Waals surface area (Å²) in [6, 6.07) is 0. The normalized spacial score (nSPS) is 10.0. The van der Waals surface area contributed by atoms with E-state index in [0.29, 0.717) is 10.1 Å². The largest absolute Gasteiger partial charge is 0.281 e. The molecule has 0 amide bonds. The minimum atomic E-state index is -0.180. The van der Waals surface area contributed by atoms with Gasteiger partial charge in [-0.2, -0.15) is 0 Å². The maximum Gasteiger partial charge on any atom is 0.281 e. The number of aromatic nitrogens is 3. The van der Waals surface area contributed by atoms with Gasteiger partial charge in [-0.15, -0.1) is 12.4 Å². The number of H-pyrrole nitrogens is 1. The molecule has 0 spiro atoms. The maximum absolute atomic E-state index is 11.1. The molecule has 13 heavy (non-hydrogen) atoms.